The minimum absolute atomic E-state index is 0.330. The first-order chi connectivity index (χ1) is 7.59. The molecule has 5 heteroatoms. The Hall–Kier alpha value is -1.81. The summed E-state index contributed by atoms with van der Waals surface area (Å²) in [5.74, 6) is 0. The van der Waals surface area contributed by atoms with Crippen LogP contribution in [0.3, 0.4) is 0 Å². The maximum Gasteiger partial charge on any atom is 0.335 e. The fraction of sp³-hybridized carbons (Fsp3) is 0.0909. The number of aromatic nitrogens is 2. The Kier molecular flexibility index (Phi) is 2.66. The lowest BCUT2D eigenvalue weighted by molar-refractivity contribution is 0.728. The van der Waals surface area contributed by atoms with E-state index in [-0.39, 0.29) is 5.56 Å². The molecule has 0 unspecified atom stereocenters. The molecule has 16 heavy (non-hydrogen) atoms. The second-order valence-corrected chi connectivity index (χ2v) is 3.78. The maximum atomic E-state index is 11.8. The molecule has 82 valence electrons. The standard InChI is InChI=1S/C11H9ClN2O2/c1-13-10(15)5-6-14(11(13)16)9-4-2-3-8(12)7-9/h2-7H,1H3. The van der Waals surface area contributed by atoms with Gasteiger partial charge in [-0.25, -0.2) is 4.79 Å². The van der Waals surface area contributed by atoms with Crippen LogP contribution in [0.25, 0.3) is 5.69 Å². The fourth-order valence-electron chi connectivity index (χ4n) is 1.39. The van der Waals surface area contributed by atoms with Gasteiger partial charge in [0.05, 0.1) is 5.69 Å². The first-order valence-electron chi connectivity index (χ1n) is 4.64. The molecule has 0 aliphatic carbocycles. The Labute approximate surface area is 96.3 Å². The van der Waals surface area contributed by atoms with E-state index in [9.17, 15) is 9.59 Å². The molecule has 0 saturated heterocycles. The quantitative estimate of drug-likeness (QED) is 0.747. The molecule has 0 aliphatic heterocycles. The van der Waals surface area contributed by atoms with E-state index in [0.717, 1.165) is 4.57 Å². The van der Waals surface area contributed by atoms with Gasteiger partial charge in [0.15, 0.2) is 0 Å². The molecule has 1 heterocycles. The summed E-state index contributed by atoms with van der Waals surface area (Å²) >= 11 is 5.83. The van der Waals surface area contributed by atoms with Crippen LogP contribution < -0.4 is 11.2 Å². The number of hydrogen-bond donors (Lipinski definition) is 0. The van der Waals surface area contributed by atoms with Gasteiger partial charge in [-0.1, -0.05) is 17.7 Å². The molecular formula is C11H9ClN2O2. The molecule has 1 aromatic heterocycles. The third-order valence-corrected chi connectivity index (χ3v) is 2.51. The highest BCUT2D eigenvalue weighted by atomic mass is 35.5. The van der Waals surface area contributed by atoms with Crippen molar-refractivity contribution in [3.05, 3.63) is 62.4 Å². The normalized spacial score (nSPS) is 10.4. The van der Waals surface area contributed by atoms with Crippen LogP contribution in [0.4, 0.5) is 0 Å². The average molecular weight is 237 g/mol. The molecule has 2 rings (SSSR count). The van der Waals surface area contributed by atoms with E-state index < -0.39 is 5.69 Å². The van der Waals surface area contributed by atoms with E-state index in [2.05, 4.69) is 0 Å². The van der Waals surface area contributed by atoms with Crippen molar-refractivity contribution in [2.45, 2.75) is 0 Å². The van der Waals surface area contributed by atoms with E-state index in [1.165, 1.54) is 23.9 Å². The van der Waals surface area contributed by atoms with E-state index in [0.29, 0.717) is 10.7 Å². The Morgan fingerprint density at radius 2 is 1.94 bits per heavy atom. The van der Waals surface area contributed by atoms with E-state index in [1.54, 1.807) is 24.3 Å². The largest absolute Gasteiger partial charge is 0.335 e. The molecule has 4 nitrogen and oxygen atoms in total. The predicted molar refractivity (Wildman–Crippen MR) is 62.3 cm³/mol. The van der Waals surface area contributed by atoms with E-state index >= 15 is 0 Å². The molecule has 0 N–H and O–H groups in total. The zero-order valence-corrected chi connectivity index (χ0v) is 9.31. The average Bonchev–Trinajstić information content (AvgIpc) is 2.26. The molecule has 2 aromatic rings. The van der Waals surface area contributed by atoms with Crippen molar-refractivity contribution in [3.63, 3.8) is 0 Å². The molecule has 0 saturated carbocycles. The molecule has 0 fully saturated rings. The zero-order chi connectivity index (χ0) is 11.7. The molecule has 0 atom stereocenters. The van der Waals surface area contributed by atoms with Crippen molar-refractivity contribution in [3.8, 4) is 5.69 Å². The molecule has 0 aliphatic rings. The van der Waals surface area contributed by atoms with Crippen molar-refractivity contribution in [2.75, 3.05) is 0 Å². The van der Waals surface area contributed by atoms with Crippen molar-refractivity contribution < 1.29 is 0 Å². The van der Waals surface area contributed by atoms with Gasteiger partial charge in [-0.3, -0.25) is 13.9 Å². The minimum Gasteiger partial charge on any atom is -0.269 e. The van der Waals surface area contributed by atoms with Gasteiger partial charge in [0, 0.05) is 24.3 Å². The highest BCUT2D eigenvalue weighted by Gasteiger charge is 2.03. The Morgan fingerprint density at radius 3 is 2.62 bits per heavy atom. The lowest BCUT2D eigenvalue weighted by atomic mass is 10.3. The lowest BCUT2D eigenvalue weighted by Crippen LogP contribution is -2.36. The maximum absolute atomic E-state index is 11.8. The second-order valence-electron chi connectivity index (χ2n) is 3.35. The van der Waals surface area contributed by atoms with Gasteiger partial charge < -0.3 is 0 Å². The fourth-order valence-corrected chi connectivity index (χ4v) is 1.58. The number of hydrogen-bond acceptors (Lipinski definition) is 2. The van der Waals surface area contributed by atoms with Crippen LogP contribution in [0.5, 0.6) is 0 Å². The molecule has 1 aromatic carbocycles. The first-order valence-corrected chi connectivity index (χ1v) is 5.02. The summed E-state index contributed by atoms with van der Waals surface area (Å²) in [7, 11) is 1.44. The SMILES string of the molecule is Cn1c(=O)ccn(-c2cccc(Cl)c2)c1=O. The Bertz CT molecular complexity index is 643. The van der Waals surface area contributed by atoms with Gasteiger partial charge in [-0.15, -0.1) is 0 Å². The van der Waals surface area contributed by atoms with Crippen molar-refractivity contribution in [2.24, 2.45) is 7.05 Å². The van der Waals surface area contributed by atoms with Gasteiger partial charge in [0.1, 0.15) is 0 Å². The topological polar surface area (TPSA) is 44.0 Å². The molecule has 0 bridgehead atoms. The van der Waals surface area contributed by atoms with Gasteiger partial charge in [0.2, 0.25) is 0 Å². The van der Waals surface area contributed by atoms with Gasteiger partial charge in [0.25, 0.3) is 5.56 Å². The van der Waals surface area contributed by atoms with Crippen LogP contribution in [0.2, 0.25) is 5.02 Å². The smallest absolute Gasteiger partial charge is 0.269 e. The van der Waals surface area contributed by atoms with Gasteiger partial charge in [-0.05, 0) is 18.2 Å². The van der Waals surface area contributed by atoms with Crippen LogP contribution in [0, 0.1) is 0 Å². The number of benzene rings is 1. The minimum atomic E-state index is -0.394. The highest BCUT2D eigenvalue weighted by Crippen LogP contribution is 2.12. The Morgan fingerprint density at radius 1 is 1.19 bits per heavy atom. The highest BCUT2D eigenvalue weighted by molar-refractivity contribution is 6.30. The first kappa shape index (κ1) is 10.7. The van der Waals surface area contributed by atoms with Gasteiger partial charge in [-0.2, -0.15) is 0 Å². The molecule has 0 amide bonds. The monoisotopic (exact) mass is 236 g/mol. The lowest BCUT2D eigenvalue weighted by Gasteiger charge is -2.06. The second kappa shape index (κ2) is 3.98. The number of rotatable bonds is 1. The summed E-state index contributed by atoms with van der Waals surface area (Å²) in [6.45, 7) is 0. The third-order valence-electron chi connectivity index (χ3n) is 2.28. The summed E-state index contributed by atoms with van der Waals surface area (Å²) in [4.78, 5) is 23.0. The van der Waals surface area contributed by atoms with E-state index in [4.69, 9.17) is 11.6 Å². The molecule has 0 spiro atoms. The zero-order valence-electron chi connectivity index (χ0n) is 8.55. The van der Waals surface area contributed by atoms with Crippen molar-refractivity contribution >= 4 is 11.6 Å². The molecule has 0 radical (unpaired) electrons. The van der Waals surface area contributed by atoms with Gasteiger partial charge >= 0.3 is 5.69 Å². The van der Waals surface area contributed by atoms with Crippen LogP contribution >= 0.6 is 11.6 Å². The van der Waals surface area contributed by atoms with Crippen molar-refractivity contribution in [1.29, 1.82) is 0 Å². The van der Waals surface area contributed by atoms with Crippen LogP contribution in [0.1, 0.15) is 0 Å². The van der Waals surface area contributed by atoms with Crippen LogP contribution in [0.15, 0.2) is 46.1 Å². The summed E-state index contributed by atoms with van der Waals surface area (Å²) in [6, 6.07) is 8.21. The predicted octanol–water partition coefficient (Wildman–Crippen LogP) is 1.19. The Balaban J connectivity index is 2.71. The molecular weight excluding hydrogens is 228 g/mol. The summed E-state index contributed by atoms with van der Waals surface area (Å²) in [5, 5.41) is 0.540. The van der Waals surface area contributed by atoms with Crippen LogP contribution in [-0.4, -0.2) is 9.13 Å². The summed E-state index contributed by atoms with van der Waals surface area (Å²) in [5.41, 5.74) is -0.0915. The van der Waals surface area contributed by atoms with E-state index in [1.807, 2.05) is 0 Å². The third kappa shape index (κ3) is 1.79. The number of nitrogens with zero attached hydrogens (tertiary/aromatic N) is 2. The summed E-state index contributed by atoms with van der Waals surface area (Å²) < 4.78 is 2.41. The van der Waals surface area contributed by atoms with Crippen molar-refractivity contribution in [1.82, 2.24) is 9.13 Å². The summed E-state index contributed by atoms with van der Waals surface area (Å²) in [6.07, 6.45) is 1.44. The van der Waals surface area contributed by atoms with Crippen LogP contribution in [-0.2, 0) is 7.05 Å². The number of halogens is 1.